The highest BCUT2D eigenvalue weighted by molar-refractivity contribution is 6.22. The monoisotopic (exact) mass is 618 g/mol. The van der Waals surface area contributed by atoms with Crippen molar-refractivity contribution in [3.8, 4) is 5.75 Å². The third kappa shape index (κ3) is 5.74. The molecule has 4 aliphatic rings. The number of fused-ring (bicyclic) bond motifs is 5. The van der Waals surface area contributed by atoms with Gasteiger partial charge in [-0.25, -0.2) is 4.79 Å². The van der Waals surface area contributed by atoms with E-state index in [1.807, 2.05) is 41.9 Å². The van der Waals surface area contributed by atoms with Gasteiger partial charge in [-0.15, -0.1) is 0 Å². The predicted molar refractivity (Wildman–Crippen MR) is 174 cm³/mol. The summed E-state index contributed by atoms with van der Waals surface area (Å²) in [5, 5.41) is 5.84. The topological polar surface area (TPSA) is 119 Å². The number of amides is 2. The Hall–Kier alpha value is -5.38. The van der Waals surface area contributed by atoms with Crippen LogP contribution in [-0.4, -0.2) is 48.2 Å². The van der Waals surface area contributed by atoms with Crippen LogP contribution in [-0.2, 0) is 20.9 Å². The molecule has 0 radical (unpaired) electrons. The van der Waals surface area contributed by atoms with Crippen LogP contribution in [0, 0.1) is 11.8 Å². The summed E-state index contributed by atoms with van der Waals surface area (Å²) in [6, 6.07) is 17.7. The lowest BCUT2D eigenvalue weighted by Gasteiger charge is -2.44. The Morgan fingerprint density at radius 1 is 0.935 bits per heavy atom. The minimum Gasteiger partial charge on any atom is -0.494 e. The van der Waals surface area contributed by atoms with E-state index in [4.69, 9.17) is 9.47 Å². The van der Waals surface area contributed by atoms with Crippen LogP contribution >= 0.6 is 0 Å². The number of benzene rings is 2. The van der Waals surface area contributed by atoms with Crippen LogP contribution in [0.3, 0.4) is 0 Å². The average molecular weight is 619 g/mol. The number of carbonyl (C=O) groups is 3. The molecular weight excluding hydrogens is 584 g/mol. The van der Waals surface area contributed by atoms with Gasteiger partial charge in [0.15, 0.2) is 0 Å². The molecule has 10 nitrogen and oxygen atoms in total. The first kappa shape index (κ1) is 29.3. The molecule has 0 spiro atoms. The summed E-state index contributed by atoms with van der Waals surface area (Å²) in [5.74, 6) is -0.823. The van der Waals surface area contributed by atoms with Gasteiger partial charge in [-0.2, -0.15) is 0 Å². The first-order valence-corrected chi connectivity index (χ1v) is 15.6. The number of rotatable bonds is 7. The zero-order chi connectivity index (χ0) is 31.8. The molecule has 2 amide bonds. The van der Waals surface area contributed by atoms with Gasteiger partial charge in [0.2, 0.25) is 0 Å². The van der Waals surface area contributed by atoms with Crippen LogP contribution in [0.2, 0.25) is 0 Å². The summed E-state index contributed by atoms with van der Waals surface area (Å²) in [6.45, 7) is 4.37. The van der Waals surface area contributed by atoms with Crippen LogP contribution in [0.15, 0.2) is 101 Å². The number of piperidine rings is 1. The second kappa shape index (κ2) is 12.2. The lowest BCUT2D eigenvalue weighted by molar-refractivity contribution is -0.145. The molecule has 1 saturated heterocycles. The van der Waals surface area contributed by atoms with Crippen LogP contribution in [0.1, 0.15) is 35.3 Å². The van der Waals surface area contributed by atoms with Gasteiger partial charge in [-0.1, -0.05) is 30.4 Å². The molecule has 3 aliphatic heterocycles. The Balaban J connectivity index is 1.19. The van der Waals surface area contributed by atoms with Gasteiger partial charge in [-0.3, -0.25) is 14.4 Å². The van der Waals surface area contributed by atoms with E-state index in [0.717, 1.165) is 17.8 Å². The van der Waals surface area contributed by atoms with Gasteiger partial charge in [0.05, 0.1) is 18.0 Å². The quantitative estimate of drug-likeness (QED) is 0.292. The van der Waals surface area contributed by atoms with E-state index in [2.05, 4.69) is 15.5 Å². The van der Waals surface area contributed by atoms with E-state index in [-0.39, 0.29) is 34.8 Å². The van der Waals surface area contributed by atoms with E-state index in [0.29, 0.717) is 48.9 Å². The highest BCUT2D eigenvalue weighted by Gasteiger charge is 2.36. The summed E-state index contributed by atoms with van der Waals surface area (Å²) in [4.78, 5) is 54.7. The number of hydrogen-bond acceptors (Lipinski definition) is 7. The second-order valence-electron chi connectivity index (χ2n) is 12.0. The Labute approximate surface area is 266 Å². The van der Waals surface area contributed by atoms with Crippen LogP contribution in [0.25, 0.3) is 0 Å². The predicted octanol–water partition coefficient (Wildman–Crippen LogP) is 4.66. The number of nitrogens with one attached hydrogen (secondary N) is 2. The Morgan fingerprint density at radius 3 is 2.59 bits per heavy atom. The molecule has 1 aliphatic carbocycles. The lowest BCUT2D eigenvalue weighted by atomic mass is 9.83. The fraction of sp³-hybridized carbons (Fsp3) is 0.278. The number of aromatic nitrogens is 1. The Bertz CT molecular complexity index is 1860. The highest BCUT2D eigenvalue weighted by Crippen LogP contribution is 2.39. The highest BCUT2D eigenvalue weighted by atomic mass is 16.5. The van der Waals surface area contributed by atoms with E-state index in [1.54, 1.807) is 60.7 Å². The molecule has 4 atom stereocenters. The number of nitrogens with zero attached hydrogens (tertiary/aromatic N) is 2. The van der Waals surface area contributed by atoms with E-state index < -0.39 is 18.0 Å². The minimum absolute atomic E-state index is 0.00896. The summed E-state index contributed by atoms with van der Waals surface area (Å²) in [7, 11) is 0. The molecule has 2 aromatic carbocycles. The molecule has 10 heteroatoms. The zero-order valence-electron chi connectivity index (χ0n) is 25.3. The molecular formula is C36H34N4O6. The summed E-state index contributed by atoms with van der Waals surface area (Å²) in [6.07, 6.45) is 9.50. The number of hydrogen-bond donors (Lipinski definition) is 2. The first-order valence-electron chi connectivity index (χ1n) is 15.6. The van der Waals surface area contributed by atoms with Crippen molar-refractivity contribution in [2.45, 2.75) is 31.9 Å². The molecule has 2 N–H and O–H groups in total. The van der Waals surface area contributed by atoms with Crippen molar-refractivity contribution in [1.82, 2.24) is 4.57 Å². The normalized spacial score (nSPS) is 22.6. The molecule has 234 valence electrons. The Morgan fingerprint density at radius 2 is 1.76 bits per heavy atom. The first-order chi connectivity index (χ1) is 22.4. The fourth-order valence-corrected chi connectivity index (χ4v) is 6.83. The van der Waals surface area contributed by atoms with E-state index in [9.17, 15) is 19.2 Å². The average Bonchev–Trinajstić information content (AvgIpc) is 3.06. The second-order valence-corrected chi connectivity index (χ2v) is 12.0. The lowest BCUT2D eigenvalue weighted by Crippen LogP contribution is -2.47. The van der Waals surface area contributed by atoms with Crippen molar-refractivity contribution in [2.75, 3.05) is 35.2 Å². The molecule has 0 saturated carbocycles. The third-order valence-electron chi connectivity index (χ3n) is 8.94. The standard InChI is InChI=1S/C36H34N4O6/c1-2-45-27-13-11-26(12-14-27)37-34(42)24-10-15-31(39-19-22-16-25(21-39)30-7-5-9-33(41)40(30)20-22)29(18-24)38-35(43)28-17-23-6-3-4-8-32(23)46-36(28)44/h3-15,17-18,22-23,25,32H,2,16,19-21H2,1H3,(H,37,42)(H,38,43). The van der Waals surface area contributed by atoms with E-state index >= 15 is 0 Å². The minimum atomic E-state index is -0.695. The maximum absolute atomic E-state index is 13.7. The number of allylic oxidation sites excluding steroid dienone is 2. The van der Waals surface area contributed by atoms with Gasteiger partial charge in [-0.05, 0) is 73.9 Å². The van der Waals surface area contributed by atoms with Gasteiger partial charge >= 0.3 is 5.97 Å². The number of esters is 1. The van der Waals surface area contributed by atoms with E-state index in [1.165, 1.54) is 0 Å². The summed E-state index contributed by atoms with van der Waals surface area (Å²) < 4.78 is 12.9. The van der Waals surface area contributed by atoms with Crippen molar-refractivity contribution < 1.29 is 23.9 Å². The van der Waals surface area contributed by atoms with Crippen molar-refractivity contribution in [2.24, 2.45) is 11.8 Å². The Kier molecular flexibility index (Phi) is 7.78. The molecule has 3 aromatic rings. The molecule has 1 fully saturated rings. The summed E-state index contributed by atoms with van der Waals surface area (Å²) >= 11 is 0. The molecule has 1 aromatic heterocycles. The third-order valence-corrected chi connectivity index (χ3v) is 8.94. The molecule has 7 rings (SSSR count). The van der Waals surface area contributed by atoms with Gasteiger partial charge in [0, 0.05) is 54.5 Å². The van der Waals surface area contributed by atoms with Crippen LogP contribution in [0.4, 0.5) is 17.1 Å². The number of anilines is 3. The van der Waals surface area contributed by atoms with Crippen molar-refractivity contribution >= 4 is 34.8 Å². The van der Waals surface area contributed by atoms with Crippen molar-refractivity contribution in [1.29, 1.82) is 0 Å². The molecule has 4 unspecified atom stereocenters. The maximum Gasteiger partial charge on any atom is 0.344 e. The zero-order valence-corrected chi connectivity index (χ0v) is 25.3. The van der Waals surface area contributed by atoms with Gasteiger partial charge in [0.25, 0.3) is 17.4 Å². The van der Waals surface area contributed by atoms with Crippen molar-refractivity contribution in [3.05, 3.63) is 118 Å². The van der Waals surface area contributed by atoms with Crippen LogP contribution in [0.5, 0.6) is 5.75 Å². The van der Waals surface area contributed by atoms with Gasteiger partial charge < -0.3 is 29.6 Å². The van der Waals surface area contributed by atoms with Crippen LogP contribution < -0.4 is 25.8 Å². The SMILES string of the molecule is CCOc1ccc(NC(=O)c2ccc(N3CC4CC(C3)c3cccc(=O)n3C4)c(NC(=O)C3=CC4C=CC=CC4OC3=O)c2)cc1. The fourth-order valence-electron chi connectivity index (χ4n) is 6.83. The van der Waals surface area contributed by atoms with Crippen molar-refractivity contribution in [3.63, 3.8) is 0 Å². The van der Waals surface area contributed by atoms with Gasteiger partial charge in [0.1, 0.15) is 17.4 Å². The number of ether oxygens (including phenoxy) is 2. The molecule has 2 bridgehead atoms. The number of carbonyl (C=O) groups excluding carboxylic acids is 3. The number of pyridine rings is 1. The summed E-state index contributed by atoms with van der Waals surface area (Å²) in [5.41, 5.74) is 3.00. The molecule has 46 heavy (non-hydrogen) atoms. The largest absolute Gasteiger partial charge is 0.494 e. The maximum atomic E-state index is 13.7. The smallest absolute Gasteiger partial charge is 0.344 e. The molecule has 4 heterocycles.